The molecule has 0 aliphatic heterocycles. The van der Waals surface area contributed by atoms with Crippen molar-refractivity contribution in [1.29, 1.82) is 0 Å². The quantitative estimate of drug-likeness (QED) is 0.420. The number of aliphatic hydroxyl groups is 1. The first kappa shape index (κ1) is 20.6. The number of hydrogen-bond donors (Lipinski definition) is 1. The minimum Gasteiger partial charge on any atom is -0.390 e. The summed E-state index contributed by atoms with van der Waals surface area (Å²) in [7, 11) is 0. The molecule has 0 fully saturated rings. The Morgan fingerprint density at radius 2 is 1.24 bits per heavy atom. The summed E-state index contributed by atoms with van der Waals surface area (Å²) in [5.74, 6) is -0.0426. The normalized spacial score (nSPS) is 13.4. The third-order valence-electron chi connectivity index (χ3n) is 4.57. The minimum atomic E-state index is -0.880. The number of Topliss-reactive ketones (excluding diaryl/α,β-unsaturated/α-hetero) is 1. The fraction of sp³-hybridized carbons (Fsp3) is 0.947. The first-order valence-corrected chi connectivity index (χ1v) is 9.14. The van der Waals surface area contributed by atoms with Gasteiger partial charge in [0.25, 0.3) is 0 Å². The van der Waals surface area contributed by atoms with Gasteiger partial charge >= 0.3 is 0 Å². The lowest BCUT2D eigenvalue weighted by Crippen LogP contribution is -2.34. The fourth-order valence-corrected chi connectivity index (χ4v) is 2.57. The molecule has 0 heterocycles. The molecule has 1 atom stereocenters. The molecule has 2 heteroatoms. The summed E-state index contributed by atoms with van der Waals surface area (Å²) in [5.41, 5.74) is -0.880. The predicted octanol–water partition coefficient (Wildman–Crippen LogP) is 5.66. The van der Waals surface area contributed by atoms with Crippen LogP contribution in [0.25, 0.3) is 0 Å². The van der Waals surface area contributed by atoms with E-state index >= 15 is 0 Å². The summed E-state index contributed by atoms with van der Waals surface area (Å²) in [6.07, 6.45) is 14.9. The zero-order valence-corrected chi connectivity index (χ0v) is 14.9. The summed E-state index contributed by atoms with van der Waals surface area (Å²) in [4.78, 5) is 11.9. The molecule has 0 aromatic heterocycles. The van der Waals surface area contributed by atoms with E-state index in [-0.39, 0.29) is 11.7 Å². The van der Waals surface area contributed by atoms with Crippen molar-refractivity contribution in [3.05, 3.63) is 0 Å². The molecule has 0 saturated carbocycles. The molecule has 2 nitrogen and oxygen atoms in total. The molecular formula is C19H38O2. The van der Waals surface area contributed by atoms with E-state index in [1.807, 2.05) is 6.92 Å². The Bertz CT molecular complexity index is 253. The van der Waals surface area contributed by atoms with Crippen molar-refractivity contribution >= 4 is 5.78 Å². The second kappa shape index (κ2) is 12.2. The molecule has 126 valence electrons. The Morgan fingerprint density at radius 3 is 1.62 bits per heavy atom. The van der Waals surface area contributed by atoms with Crippen LogP contribution >= 0.6 is 0 Å². The number of carbonyl (C=O) groups excluding carboxylic acids is 1. The smallest absolute Gasteiger partial charge is 0.138 e. The molecule has 0 bridgehead atoms. The molecule has 1 unspecified atom stereocenters. The van der Waals surface area contributed by atoms with Gasteiger partial charge in [-0.2, -0.15) is 0 Å². The van der Waals surface area contributed by atoms with Crippen LogP contribution in [0.3, 0.4) is 0 Å². The fourth-order valence-electron chi connectivity index (χ4n) is 2.57. The van der Waals surface area contributed by atoms with E-state index in [1.165, 1.54) is 57.8 Å². The Kier molecular flexibility index (Phi) is 12.0. The van der Waals surface area contributed by atoms with Crippen molar-refractivity contribution in [2.45, 2.75) is 110 Å². The van der Waals surface area contributed by atoms with Crippen LogP contribution in [0, 0.1) is 5.92 Å². The molecule has 21 heavy (non-hydrogen) atoms. The van der Waals surface area contributed by atoms with E-state index in [1.54, 1.807) is 13.8 Å². The molecule has 0 aromatic carbocycles. The van der Waals surface area contributed by atoms with E-state index < -0.39 is 5.60 Å². The number of ketones is 1. The van der Waals surface area contributed by atoms with Crippen molar-refractivity contribution in [3.8, 4) is 0 Å². The average Bonchev–Trinajstić information content (AvgIpc) is 2.42. The summed E-state index contributed by atoms with van der Waals surface area (Å²) < 4.78 is 0. The summed E-state index contributed by atoms with van der Waals surface area (Å²) in [5, 5.41) is 9.81. The maximum Gasteiger partial charge on any atom is 0.138 e. The van der Waals surface area contributed by atoms with Crippen molar-refractivity contribution in [2.24, 2.45) is 5.92 Å². The van der Waals surface area contributed by atoms with Crippen LogP contribution in [0.5, 0.6) is 0 Å². The van der Waals surface area contributed by atoms with Crippen LogP contribution in [-0.4, -0.2) is 16.5 Å². The maximum absolute atomic E-state index is 11.9. The molecule has 0 amide bonds. The Balaban J connectivity index is 3.35. The van der Waals surface area contributed by atoms with Gasteiger partial charge < -0.3 is 5.11 Å². The molecule has 0 radical (unpaired) electrons. The van der Waals surface area contributed by atoms with E-state index in [4.69, 9.17) is 0 Å². The highest BCUT2D eigenvalue weighted by molar-refractivity contribution is 5.81. The molecular weight excluding hydrogens is 260 g/mol. The van der Waals surface area contributed by atoms with E-state index in [2.05, 4.69) is 6.92 Å². The summed E-state index contributed by atoms with van der Waals surface area (Å²) in [6, 6.07) is 0. The van der Waals surface area contributed by atoms with Crippen LogP contribution in [0.2, 0.25) is 0 Å². The number of unbranched alkanes of at least 4 members (excludes halogenated alkanes) is 10. The van der Waals surface area contributed by atoms with Gasteiger partial charge in [0.05, 0.1) is 5.60 Å². The Labute approximate surface area is 132 Å². The maximum atomic E-state index is 11.9. The van der Waals surface area contributed by atoms with Crippen LogP contribution in [-0.2, 0) is 4.79 Å². The van der Waals surface area contributed by atoms with Crippen molar-refractivity contribution in [3.63, 3.8) is 0 Å². The van der Waals surface area contributed by atoms with Crippen LogP contribution in [0.4, 0.5) is 0 Å². The van der Waals surface area contributed by atoms with Gasteiger partial charge in [0, 0.05) is 12.3 Å². The molecule has 0 aromatic rings. The highest BCUT2D eigenvalue weighted by Gasteiger charge is 2.27. The lowest BCUT2D eigenvalue weighted by molar-refractivity contribution is -0.129. The standard InChI is InChI=1S/C19H38O2/c1-5-6-7-8-9-10-11-12-13-14-15-16-18(20)17(2)19(3,4)21/h17,21H,5-16H2,1-4H3. The van der Waals surface area contributed by atoms with Crippen molar-refractivity contribution in [1.82, 2.24) is 0 Å². The Hall–Kier alpha value is -0.370. The highest BCUT2D eigenvalue weighted by Crippen LogP contribution is 2.19. The zero-order chi connectivity index (χ0) is 16.1. The molecule has 0 saturated heterocycles. The van der Waals surface area contributed by atoms with Gasteiger partial charge in [0.1, 0.15) is 5.78 Å². The van der Waals surface area contributed by atoms with E-state index in [9.17, 15) is 9.90 Å². The van der Waals surface area contributed by atoms with Crippen molar-refractivity contribution in [2.75, 3.05) is 0 Å². The molecule has 0 rings (SSSR count). The summed E-state index contributed by atoms with van der Waals surface area (Å²) in [6.45, 7) is 7.53. The lowest BCUT2D eigenvalue weighted by Gasteiger charge is -2.24. The number of hydrogen-bond acceptors (Lipinski definition) is 2. The third kappa shape index (κ3) is 11.9. The number of rotatable bonds is 14. The van der Waals surface area contributed by atoms with E-state index in [0.717, 1.165) is 12.8 Å². The molecule has 0 spiro atoms. The third-order valence-corrected chi connectivity index (χ3v) is 4.57. The minimum absolute atomic E-state index is 0.207. The van der Waals surface area contributed by atoms with Gasteiger partial charge in [0.15, 0.2) is 0 Å². The Morgan fingerprint density at radius 1 is 0.857 bits per heavy atom. The molecule has 0 aliphatic carbocycles. The highest BCUT2D eigenvalue weighted by atomic mass is 16.3. The zero-order valence-electron chi connectivity index (χ0n) is 14.9. The van der Waals surface area contributed by atoms with Gasteiger partial charge in [-0.25, -0.2) is 0 Å². The van der Waals surface area contributed by atoms with Crippen molar-refractivity contribution < 1.29 is 9.90 Å². The second-order valence-electron chi connectivity index (χ2n) is 7.13. The monoisotopic (exact) mass is 298 g/mol. The van der Waals surface area contributed by atoms with Gasteiger partial charge in [-0.05, 0) is 20.3 Å². The first-order valence-electron chi connectivity index (χ1n) is 9.14. The SMILES string of the molecule is CCCCCCCCCCCCCC(=O)C(C)C(C)(C)O. The second-order valence-corrected chi connectivity index (χ2v) is 7.13. The van der Waals surface area contributed by atoms with Gasteiger partial charge in [-0.1, -0.05) is 78.1 Å². The van der Waals surface area contributed by atoms with Gasteiger partial charge in [-0.15, -0.1) is 0 Å². The van der Waals surface area contributed by atoms with Gasteiger partial charge in [0.2, 0.25) is 0 Å². The molecule has 0 aliphatic rings. The van der Waals surface area contributed by atoms with Gasteiger partial charge in [-0.3, -0.25) is 4.79 Å². The lowest BCUT2D eigenvalue weighted by atomic mass is 9.87. The first-order chi connectivity index (χ1) is 9.89. The van der Waals surface area contributed by atoms with Crippen LogP contribution in [0.1, 0.15) is 105 Å². The van der Waals surface area contributed by atoms with Crippen LogP contribution in [0.15, 0.2) is 0 Å². The predicted molar refractivity (Wildman–Crippen MR) is 91.5 cm³/mol. The van der Waals surface area contributed by atoms with E-state index in [0.29, 0.717) is 6.42 Å². The molecule has 1 N–H and O–H groups in total. The van der Waals surface area contributed by atoms with Crippen LogP contribution < -0.4 is 0 Å². The number of carbonyl (C=O) groups is 1. The summed E-state index contributed by atoms with van der Waals surface area (Å²) >= 11 is 0. The topological polar surface area (TPSA) is 37.3 Å². The average molecular weight is 299 g/mol. The largest absolute Gasteiger partial charge is 0.390 e.